The number of piperazine rings is 1. The van der Waals surface area contributed by atoms with Crippen molar-refractivity contribution < 1.29 is 14.5 Å². The van der Waals surface area contributed by atoms with E-state index in [1.54, 1.807) is 4.90 Å². The van der Waals surface area contributed by atoms with E-state index >= 15 is 0 Å². The van der Waals surface area contributed by atoms with Gasteiger partial charge in [-0.2, -0.15) is 0 Å². The third kappa shape index (κ3) is 4.37. The van der Waals surface area contributed by atoms with E-state index in [4.69, 9.17) is 4.74 Å². The highest BCUT2D eigenvalue weighted by Gasteiger charge is 2.35. The van der Waals surface area contributed by atoms with E-state index < -0.39 is 10.5 Å². The number of hydrogen-bond acceptors (Lipinski definition) is 6. The molecule has 1 saturated heterocycles. The van der Waals surface area contributed by atoms with E-state index in [9.17, 15) is 14.9 Å². The third-order valence-corrected chi connectivity index (χ3v) is 4.13. The van der Waals surface area contributed by atoms with Crippen LogP contribution in [0.3, 0.4) is 0 Å². The van der Waals surface area contributed by atoms with Gasteiger partial charge in [-0.3, -0.25) is 10.1 Å². The molecule has 1 amide bonds. The smallest absolute Gasteiger partial charge is 0.410 e. The molecule has 1 aromatic rings. The summed E-state index contributed by atoms with van der Waals surface area (Å²) in [4.78, 5) is 30.9. The molecule has 8 nitrogen and oxygen atoms in total. The van der Waals surface area contributed by atoms with Gasteiger partial charge in [0.05, 0.1) is 4.92 Å². The minimum atomic E-state index is -0.534. The van der Waals surface area contributed by atoms with Crippen LogP contribution in [-0.4, -0.2) is 51.7 Å². The van der Waals surface area contributed by atoms with Gasteiger partial charge in [0.25, 0.3) is 5.69 Å². The standard InChI is InChI=1S/C17H26N4O4/c1-11-7-14(21(23)24)8-18-15(11)19-9-13(3)20(10-12(19)2)16(22)25-17(4,5)6/h7-8,12-13H,9-10H2,1-6H3/t12-,13+/m0/s1. The minimum absolute atomic E-state index is 0.0191. The summed E-state index contributed by atoms with van der Waals surface area (Å²) in [6.45, 7) is 12.4. The Morgan fingerprint density at radius 2 is 1.96 bits per heavy atom. The highest BCUT2D eigenvalue weighted by Crippen LogP contribution is 2.27. The van der Waals surface area contributed by atoms with E-state index in [-0.39, 0.29) is 23.9 Å². The Kier molecular flexibility index (Phi) is 5.20. The fourth-order valence-electron chi connectivity index (χ4n) is 2.95. The number of nitro groups is 1. The first kappa shape index (κ1) is 19.0. The van der Waals surface area contributed by atoms with Crippen molar-refractivity contribution in [2.24, 2.45) is 0 Å². The molecule has 25 heavy (non-hydrogen) atoms. The molecule has 138 valence electrons. The number of amides is 1. The molecular weight excluding hydrogens is 324 g/mol. The predicted molar refractivity (Wildman–Crippen MR) is 94.8 cm³/mol. The molecule has 1 aliphatic rings. The van der Waals surface area contributed by atoms with Gasteiger partial charge in [-0.05, 0) is 47.1 Å². The van der Waals surface area contributed by atoms with Crippen molar-refractivity contribution in [1.29, 1.82) is 0 Å². The number of carbonyl (C=O) groups excluding carboxylic acids is 1. The number of ether oxygens (including phenoxy) is 1. The van der Waals surface area contributed by atoms with Crippen LogP contribution in [-0.2, 0) is 4.74 Å². The minimum Gasteiger partial charge on any atom is -0.444 e. The van der Waals surface area contributed by atoms with Gasteiger partial charge in [-0.15, -0.1) is 0 Å². The average Bonchev–Trinajstić information content (AvgIpc) is 2.47. The zero-order valence-corrected chi connectivity index (χ0v) is 15.6. The molecule has 0 bridgehead atoms. The largest absolute Gasteiger partial charge is 0.444 e. The zero-order chi connectivity index (χ0) is 18.9. The third-order valence-electron chi connectivity index (χ3n) is 4.13. The van der Waals surface area contributed by atoms with Gasteiger partial charge in [0.15, 0.2) is 0 Å². The summed E-state index contributed by atoms with van der Waals surface area (Å²) in [5.74, 6) is 0.716. The second-order valence-corrected chi connectivity index (χ2v) is 7.57. The number of rotatable bonds is 2. The average molecular weight is 350 g/mol. The van der Waals surface area contributed by atoms with Gasteiger partial charge in [0.1, 0.15) is 17.6 Å². The van der Waals surface area contributed by atoms with E-state index in [0.717, 1.165) is 5.56 Å². The Balaban J connectivity index is 2.17. The van der Waals surface area contributed by atoms with Crippen molar-refractivity contribution in [3.63, 3.8) is 0 Å². The van der Waals surface area contributed by atoms with Crippen LogP contribution < -0.4 is 4.90 Å². The van der Waals surface area contributed by atoms with Crippen molar-refractivity contribution in [3.8, 4) is 0 Å². The van der Waals surface area contributed by atoms with Crippen LogP contribution in [0.15, 0.2) is 12.3 Å². The van der Waals surface area contributed by atoms with Crippen LogP contribution in [0.2, 0.25) is 0 Å². The molecule has 1 fully saturated rings. The van der Waals surface area contributed by atoms with E-state index in [0.29, 0.717) is 18.9 Å². The van der Waals surface area contributed by atoms with Crippen molar-refractivity contribution in [3.05, 3.63) is 27.9 Å². The van der Waals surface area contributed by atoms with Gasteiger partial charge < -0.3 is 14.5 Å². The Labute approximate surface area is 147 Å². The quantitative estimate of drug-likeness (QED) is 0.601. The molecule has 1 aliphatic heterocycles. The molecule has 0 unspecified atom stereocenters. The Hall–Kier alpha value is -2.38. The Morgan fingerprint density at radius 1 is 1.32 bits per heavy atom. The van der Waals surface area contributed by atoms with Gasteiger partial charge in [-0.25, -0.2) is 9.78 Å². The molecule has 0 saturated carbocycles. The first-order chi connectivity index (χ1) is 11.5. The van der Waals surface area contributed by atoms with Crippen molar-refractivity contribution in [2.75, 3.05) is 18.0 Å². The summed E-state index contributed by atoms with van der Waals surface area (Å²) in [5, 5.41) is 10.9. The summed E-state index contributed by atoms with van der Waals surface area (Å²) < 4.78 is 5.48. The molecule has 0 radical (unpaired) electrons. The first-order valence-electron chi connectivity index (χ1n) is 8.37. The number of aromatic nitrogens is 1. The Morgan fingerprint density at radius 3 is 2.48 bits per heavy atom. The monoisotopic (exact) mass is 350 g/mol. The number of aryl methyl sites for hydroxylation is 1. The summed E-state index contributed by atoms with van der Waals surface area (Å²) in [7, 11) is 0. The molecule has 0 N–H and O–H groups in total. The molecule has 2 rings (SSSR count). The molecule has 8 heteroatoms. The van der Waals surface area contributed by atoms with Gasteiger partial charge in [0.2, 0.25) is 0 Å². The lowest BCUT2D eigenvalue weighted by Gasteiger charge is -2.45. The van der Waals surface area contributed by atoms with Gasteiger partial charge in [-0.1, -0.05) is 0 Å². The first-order valence-corrected chi connectivity index (χ1v) is 8.37. The molecule has 0 spiro atoms. The second-order valence-electron chi connectivity index (χ2n) is 7.57. The summed E-state index contributed by atoms with van der Waals surface area (Å²) in [6.07, 6.45) is 0.958. The summed E-state index contributed by atoms with van der Waals surface area (Å²) >= 11 is 0. The zero-order valence-electron chi connectivity index (χ0n) is 15.6. The molecule has 2 atom stereocenters. The molecule has 0 aromatic carbocycles. The fraction of sp³-hybridized carbons (Fsp3) is 0.647. The van der Waals surface area contributed by atoms with E-state index in [2.05, 4.69) is 9.88 Å². The molecule has 2 heterocycles. The molecule has 1 aromatic heterocycles. The van der Waals surface area contributed by atoms with Crippen molar-refractivity contribution in [1.82, 2.24) is 9.88 Å². The number of hydrogen-bond donors (Lipinski definition) is 0. The fourth-order valence-corrected chi connectivity index (χ4v) is 2.95. The Bertz CT molecular complexity index is 671. The number of anilines is 1. The number of nitrogens with zero attached hydrogens (tertiary/aromatic N) is 4. The van der Waals surface area contributed by atoms with Crippen molar-refractivity contribution >= 4 is 17.6 Å². The molecule has 0 aliphatic carbocycles. The van der Waals surface area contributed by atoms with Crippen LogP contribution in [0, 0.1) is 17.0 Å². The second kappa shape index (κ2) is 6.85. The maximum absolute atomic E-state index is 12.4. The number of pyridine rings is 1. The highest BCUT2D eigenvalue weighted by atomic mass is 16.6. The van der Waals surface area contributed by atoms with Gasteiger partial charge in [0, 0.05) is 31.2 Å². The van der Waals surface area contributed by atoms with Crippen molar-refractivity contribution in [2.45, 2.75) is 59.2 Å². The lowest BCUT2D eigenvalue weighted by Crippen LogP contribution is -2.59. The van der Waals surface area contributed by atoms with Gasteiger partial charge >= 0.3 is 6.09 Å². The van der Waals surface area contributed by atoms with Crippen LogP contribution in [0.1, 0.15) is 40.2 Å². The topological polar surface area (TPSA) is 88.8 Å². The lowest BCUT2D eigenvalue weighted by atomic mass is 10.1. The maximum atomic E-state index is 12.4. The SMILES string of the molecule is Cc1cc([N+](=O)[O-])cnc1N1C[C@@H](C)N(C(=O)OC(C)(C)C)C[C@@H]1C. The van der Waals surface area contributed by atoms with Crippen LogP contribution >= 0.6 is 0 Å². The summed E-state index contributed by atoms with van der Waals surface area (Å²) in [6, 6.07) is 1.50. The van der Waals surface area contributed by atoms with Crippen LogP contribution in [0.4, 0.5) is 16.3 Å². The van der Waals surface area contributed by atoms with E-state index in [1.807, 2.05) is 41.5 Å². The molecular formula is C17H26N4O4. The maximum Gasteiger partial charge on any atom is 0.410 e. The number of carbonyl (C=O) groups is 1. The van der Waals surface area contributed by atoms with Crippen LogP contribution in [0.25, 0.3) is 0 Å². The van der Waals surface area contributed by atoms with Crippen LogP contribution in [0.5, 0.6) is 0 Å². The lowest BCUT2D eigenvalue weighted by molar-refractivity contribution is -0.385. The summed E-state index contributed by atoms with van der Waals surface area (Å²) in [5.41, 5.74) is 0.196. The van der Waals surface area contributed by atoms with E-state index in [1.165, 1.54) is 12.3 Å². The normalized spacial score (nSPS) is 21.2. The highest BCUT2D eigenvalue weighted by molar-refractivity contribution is 5.69. The predicted octanol–water partition coefficient (Wildman–Crippen LogP) is 3.13.